The first-order valence-electron chi connectivity index (χ1n) is 9.47. The average Bonchev–Trinajstić information content (AvgIpc) is 2.96. The maximum atomic E-state index is 11.4. The SMILES string of the molecule is CC(C)(C)CC(C)(C)c1cc(CC(=O)O)cc(-n2nc3ccc(Cl)cc3n2)c1O. The summed E-state index contributed by atoms with van der Waals surface area (Å²) < 4.78 is 0. The molecule has 3 aromatic rings. The highest BCUT2D eigenvalue weighted by Crippen LogP contribution is 2.42. The molecule has 0 atom stereocenters. The Hall–Kier alpha value is -2.60. The summed E-state index contributed by atoms with van der Waals surface area (Å²) in [5.74, 6) is -0.883. The molecule has 0 aliphatic carbocycles. The molecule has 0 aliphatic heterocycles. The lowest BCUT2D eigenvalue weighted by Crippen LogP contribution is -2.25. The number of fused-ring (bicyclic) bond motifs is 1. The van der Waals surface area contributed by atoms with Crippen molar-refractivity contribution in [3.63, 3.8) is 0 Å². The first-order valence-corrected chi connectivity index (χ1v) is 9.85. The zero-order chi connectivity index (χ0) is 21.6. The van der Waals surface area contributed by atoms with Crippen molar-refractivity contribution in [2.24, 2.45) is 5.41 Å². The Morgan fingerprint density at radius 3 is 2.34 bits per heavy atom. The van der Waals surface area contributed by atoms with Crippen LogP contribution < -0.4 is 0 Å². The van der Waals surface area contributed by atoms with Crippen LogP contribution in [0.5, 0.6) is 5.75 Å². The Morgan fingerprint density at radius 1 is 1.07 bits per heavy atom. The van der Waals surface area contributed by atoms with Gasteiger partial charge >= 0.3 is 5.97 Å². The van der Waals surface area contributed by atoms with Gasteiger partial charge in [0.15, 0.2) is 0 Å². The number of hydrogen-bond donors (Lipinski definition) is 2. The number of carboxylic acid groups (broad SMARTS) is 1. The molecule has 7 heteroatoms. The highest BCUT2D eigenvalue weighted by molar-refractivity contribution is 6.31. The van der Waals surface area contributed by atoms with Crippen molar-refractivity contribution in [3.8, 4) is 11.4 Å². The molecule has 29 heavy (non-hydrogen) atoms. The van der Waals surface area contributed by atoms with Gasteiger partial charge in [0.05, 0.1) is 6.42 Å². The van der Waals surface area contributed by atoms with Gasteiger partial charge in [-0.15, -0.1) is 15.0 Å². The molecule has 6 nitrogen and oxygen atoms in total. The number of halogens is 1. The van der Waals surface area contributed by atoms with Gasteiger partial charge in [-0.3, -0.25) is 4.79 Å². The number of phenols is 1. The Bertz CT molecular complexity index is 1080. The molecule has 0 saturated heterocycles. The number of carboxylic acids is 1. The van der Waals surface area contributed by atoms with Gasteiger partial charge in [-0.2, -0.15) is 0 Å². The predicted molar refractivity (Wildman–Crippen MR) is 114 cm³/mol. The van der Waals surface area contributed by atoms with Crippen molar-refractivity contribution < 1.29 is 15.0 Å². The number of aromatic nitrogens is 3. The summed E-state index contributed by atoms with van der Waals surface area (Å²) in [4.78, 5) is 12.7. The summed E-state index contributed by atoms with van der Waals surface area (Å²) in [5.41, 5.74) is 2.48. The molecule has 0 amide bonds. The van der Waals surface area contributed by atoms with E-state index in [1.807, 2.05) is 0 Å². The minimum absolute atomic E-state index is 0.0221. The fourth-order valence-electron chi connectivity index (χ4n) is 4.04. The van der Waals surface area contributed by atoms with Crippen LogP contribution in [-0.2, 0) is 16.6 Å². The second-order valence-corrected chi connectivity index (χ2v) is 9.76. The van der Waals surface area contributed by atoms with Crippen LogP contribution in [0.1, 0.15) is 52.2 Å². The van der Waals surface area contributed by atoms with E-state index in [4.69, 9.17) is 11.6 Å². The highest BCUT2D eigenvalue weighted by Gasteiger charge is 2.31. The Balaban J connectivity index is 2.20. The molecule has 2 aromatic carbocycles. The number of hydrogen-bond acceptors (Lipinski definition) is 4. The molecule has 2 N–H and O–H groups in total. The predicted octanol–water partition coefficient (Wildman–Crippen LogP) is 5.12. The summed E-state index contributed by atoms with van der Waals surface area (Å²) >= 11 is 6.04. The van der Waals surface area contributed by atoms with Crippen LogP contribution >= 0.6 is 11.6 Å². The van der Waals surface area contributed by atoms with Crippen molar-refractivity contribution in [3.05, 3.63) is 46.5 Å². The third-order valence-electron chi connectivity index (χ3n) is 4.76. The first-order chi connectivity index (χ1) is 13.4. The third kappa shape index (κ3) is 4.70. The molecule has 0 saturated carbocycles. The summed E-state index contributed by atoms with van der Waals surface area (Å²) in [5, 5.41) is 29.9. The maximum Gasteiger partial charge on any atom is 0.307 e. The van der Waals surface area contributed by atoms with E-state index in [1.54, 1.807) is 30.3 Å². The van der Waals surface area contributed by atoms with Crippen LogP contribution in [-0.4, -0.2) is 31.2 Å². The number of nitrogens with zero attached hydrogens (tertiary/aromatic N) is 3. The van der Waals surface area contributed by atoms with Crippen molar-refractivity contribution >= 4 is 28.6 Å². The van der Waals surface area contributed by atoms with Gasteiger partial charge in [0.25, 0.3) is 0 Å². The number of carbonyl (C=O) groups is 1. The fraction of sp³-hybridized carbons (Fsp3) is 0.409. The van der Waals surface area contributed by atoms with E-state index >= 15 is 0 Å². The van der Waals surface area contributed by atoms with Crippen LogP contribution in [0.2, 0.25) is 5.02 Å². The smallest absolute Gasteiger partial charge is 0.307 e. The zero-order valence-electron chi connectivity index (χ0n) is 17.3. The van der Waals surface area contributed by atoms with Crippen LogP contribution in [0.3, 0.4) is 0 Å². The van der Waals surface area contributed by atoms with Crippen LogP contribution in [0.25, 0.3) is 16.7 Å². The largest absolute Gasteiger partial charge is 0.505 e. The molecule has 3 rings (SSSR count). The number of aliphatic carboxylic acids is 1. The minimum atomic E-state index is -0.938. The number of rotatable bonds is 5. The average molecular weight is 416 g/mol. The van der Waals surface area contributed by atoms with Crippen LogP contribution in [0, 0.1) is 5.41 Å². The molecule has 0 fully saturated rings. The highest BCUT2D eigenvalue weighted by atomic mass is 35.5. The monoisotopic (exact) mass is 415 g/mol. The summed E-state index contributed by atoms with van der Waals surface area (Å²) in [6, 6.07) is 8.58. The second-order valence-electron chi connectivity index (χ2n) is 9.33. The molecule has 0 aliphatic rings. The van der Waals surface area contributed by atoms with E-state index in [1.165, 1.54) is 4.80 Å². The van der Waals surface area contributed by atoms with Gasteiger partial charge in [-0.05, 0) is 47.1 Å². The lowest BCUT2D eigenvalue weighted by molar-refractivity contribution is -0.136. The van der Waals surface area contributed by atoms with Crippen LogP contribution in [0.4, 0.5) is 0 Å². The Morgan fingerprint density at radius 2 is 1.72 bits per heavy atom. The normalized spacial score (nSPS) is 12.5. The van der Waals surface area contributed by atoms with Crippen molar-refractivity contribution in [2.45, 2.75) is 52.9 Å². The van der Waals surface area contributed by atoms with E-state index < -0.39 is 5.97 Å². The van der Waals surface area contributed by atoms with E-state index in [9.17, 15) is 15.0 Å². The number of benzene rings is 2. The van der Waals surface area contributed by atoms with Gasteiger partial charge < -0.3 is 10.2 Å². The Labute approximate surface area is 175 Å². The first kappa shape index (κ1) is 21.1. The van der Waals surface area contributed by atoms with E-state index in [-0.39, 0.29) is 23.0 Å². The van der Waals surface area contributed by atoms with Gasteiger partial charge in [-0.1, -0.05) is 52.3 Å². The molecular formula is C22H26ClN3O3. The van der Waals surface area contributed by atoms with Crippen molar-refractivity contribution in [1.29, 1.82) is 0 Å². The van der Waals surface area contributed by atoms with Crippen molar-refractivity contribution in [1.82, 2.24) is 15.0 Å². The molecule has 0 bridgehead atoms. The number of phenolic OH excluding ortho intramolecular Hbond substituents is 1. The molecule has 154 valence electrons. The summed E-state index contributed by atoms with van der Waals surface area (Å²) in [6.07, 6.45) is 0.645. The topological polar surface area (TPSA) is 88.2 Å². The van der Waals surface area contributed by atoms with Gasteiger partial charge in [0.1, 0.15) is 22.5 Å². The van der Waals surface area contributed by atoms with E-state index in [0.717, 1.165) is 6.42 Å². The maximum absolute atomic E-state index is 11.4. The molecule has 0 spiro atoms. The molecule has 0 unspecified atom stereocenters. The third-order valence-corrected chi connectivity index (χ3v) is 5.00. The molecule has 1 aromatic heterocycles. The standard InChI is InChI=1S/C22H26ClN3O3/c1-21(2,3)12-22(4,5)15-8-13(10-19(27)28)9-18(20(15)29)26-24-16-7-6-14(23)11-17(16)25-26/h6-9,11,29H,10,12H2,1-5H3,(H,27,28). The Kier molecular flexibility index (Phi) is 5.34. The van der Waals surface area contributed by atoms with Gasteiger partial charge in [0.2, 0.25) is 0 Å². The summed E-state index contributed by atoms with van der Waals surface area (Å²) in [7, 11) is 0. The molecular weight excluding hydrogens is 390 g/mol. The van der Waals surface area contributed by atoms with Crippen molar-refractivity contribution in [2.75, 3.05) is 0 Å². The quantitative estimate of drug-likeness (QED) is 0.603. The lowest BCUT2D eigenvalue weighted by Gasteiger charge is -2.34. The van der Waals surface area contributed by atoms with Gasteiger partial charge in [-0.25, -0.2) is 0 Å². The summed E-state index contributed by atoms with van der Waals surface area (Å²) in [6.45, 7) is 10.5. The van der Waals surface area contributed by atoms with E-state index in [0.29, 0.717) is 32.9 Å². The minimum Gasteiger partial charge on any atom is -0.505 e. The van der Waals surface area contributed by atoms with Crippen LogP contribution in [0.15, 0.2) is 30.3 Å². The lowest BCUT2D eigenvalue weighted by atomic mass is 9.71. The van der Waals surface area contributed by atoms with Gasteiger partial charge in [0, 0.05) is 10.6 Å². The number of aromatic hydroxyl groups is 1. The zero-order valence-corrected chi connectivity index (χ0v) is 18.1. The molecule has 1 heterocycles. The van der Waals surface area contributed by atoms with E-state index in [2.05, 4.69) is 44.8 Å². The molecule has 0 radical (unpaired) electrons. The second kappa shape index (κ2) is 7.34. The fourth-order valence-corrected chi connectivity index (χ4v) is 4.21.